The predicted octanol–water partition coefficient (Wildman–Crippen LogP) is 6.66. The Morgan fingerprint density at radius 1 is 0.865 bits per heavy atom. The molecule has 1 amide bonds. The quantitative estimate of drug-likeness (QED) is 0.315. The number of Topliss-reactive ketones (excluding diaryl/α,β-unsaturated/α-hetero) is 1. The second-order valence-electron chi connectivity index (χ2n) is 10.8. The van der Waals surface area contributed by atoms with E-state index in [0.29, 0.717) is 24.6 Å². The number of ether oxygens (including phenoxy) is 2. The molecule has 0 bridgehead atoms. The Hall–Kier alpha value is -3.12. The zero-order valence-electron chi connectivity index (χ0n) is 23.7. The van der Waals surface area contributed by atoms with E-state index in [0.717, 1.165) is 17.0 Å². The van der Waals surface area contributed by atoms with Gasteiger partial charge in [-0.1, -0.05) is 102 Å². The Bertz CT molecular complexity index is 937. The molecule has 6 nitrogen and oxygen atoms in total. The Kier molecular flexibility index (Phi) is 14.3. The van der Waals surface area contributed by atoms with Crippen molar-refractivity contribution in [3.8, 4) is 0 Å². The number of carbonyl (C=O) groups is 2. The second-order valence-corrected chi connectivity index (χ2v) is 10.8. The third kappa shape index (κ3) is 14.3. The summed E-state index contributed by atoms with van der Waals surface area (Å²) in [5.41, 5.74) is 1.62. The van der Waals surface area contributed by atoms with E-state index in [-0.39, 0.29) is 19.0 Å². The van der Waals surface area contributed by atoms with Crippen molar-refractivity contribution in [2.24, 2.45) is 11.8 Å². The maximum Gasteiger partial charge on any atom is 0.408 e. The molecule has 37 heavy (non-hydrogen) atoms. The molecule has 2 N–H and O–H groups in total. The van der Waals surface area contributed by atoms with E-state index < -0.39 is 17.7 Å². The van der Waals surface area contributed by atoms with Gasteiger partial charge in [-0.3, -0.25) is 4.79 Å². The lowest BCUT2D eigenvalue weighted by Crippen LogP contribution is -2.52. The summed E-state index contributed by atoms with van der Waals surface area (Å²) in [6.07, 6.45) is 0.0749. The molecule has 0 radical (unpaired) electrons. The van der Waals surface area contributed by atoms with Crippen LogP contribution in [0.4, 0.5) is 4.79 Å². The van der Waals surface area contributed by atoms with Crippen molar-refractivity contribution in [2.75, 3.05) is 6.61 Å². The molecular formula is C31H46N2O4. The summed E-state index contributed by atoms with van der Waals surface area (Å²) in [5.74, 6) is 1.07. The van der Waals surface area contributed by atoms with Crippen LogP contribution in [0.2, 0.25) is 0 Å². The van der Waals surface area contributed by atoms with Gasteiger partial charge in [0.2, 0.25) is 0 Å². The van der Waals surface area contributed by atoms with E-state index in [9.17, 15) is 9.59 Å². The first kappa shape index (κ1) is 31.9. The van der Waals surface area contributed by atoms with E-state index in [1.54, 1.807) is 0 Å². The molecule has 0 aromatic heterocycles. The van der Waals surface area contributed by atoms with Gasteiger partial charge in [0.15, 0.2) is 5.78 Å². The third-order valence-electron chi connectivity index (χ3n) is 5.18. The van der Waals surface area contributed by atoms with Gasteiger partial charge in [-0.05, 0) is 43.2 Å². The first-order valence-electron chi connectivity index (χ1n) is 13.0. The second kappa shape index (κ2) is 16.6. The average Bonchev–Trinajstić information content (AvgIpc) is 2.82. The predicted molar refractivity (Wildman–Crippen MR) is 151 cm³/mol. The van der Waals surface area contributed by atoms with Gasteiger partial charge < -0.3 is 20.1 Å². The van der Waals surface area contributed by atoms with E-state index in [1.807, 2.05) is 74.5 Å². The maximum atomic E-state index is 12.9. The summed E-state index contributed by atoms with van der Waals surface area (Å²) in [7, 11) is 0. The molecule has 0 spiro atoms. The lowest BCUT2D eigenvalue weighted by molar-refractivity contribution is -0.126. The number of nitrogens with one attached hydrogen (secondary N) is 2. The highest BCUT2D eigenvalue weighted by Crippen LogP contribution is 2.16. The minimum atomic E-state index is -0.825. The molecule has 0 aliphatic heterocycles. The molecule has 1 unspecified atom stereocenters. The molecule has 0 aliphatic rings. The number of rotatable bonds is 13. The van der Waals surface area contributed by atoms with Crippen molar-refractivity contribution in [1.29, 1.82) is 0 Å². The van der Waals surface area contributed by atoms with Crippen LogP contribution in [0.15, 0.2) is 72.9 Å². The number of ketones is 1. The van der Waals surface area contributed by atoms with Crippen LogP contribution < -0.4 is 10.6 Å². The Balaban J connectivity index is 0.00000159. The van der Waals surface area contributed by atoms with Crippen LogP contribution in [-0.4, -0.2) is 30.1 Å². The highest BCUT2D eigenvalue weighted by atomic mass is 16.5. The summed E-state index contributed by atoms with van der Waals surface area (Å²) in [6, 6.07) is 18.7. The molecule has 0 fully saturated rings. The van der Waals surface area contributed by atoms with Crippen molar-refractivity contribution >= 4 is 11.9 Å². The Morgan fingerprint density at radius 3 is 1.84 bits per heavy atom. The van der Waals surface area contributed by atoms with E-state index in [4.69, 9.17) is 9.47 Å². The van der Waals surface area contributed by atoms with Crippen LogP contribution in [-0.2, 0) is 27.5 Å². The summed E-state index contributed by atoms with van der Waals surface area (Å²) < 4.78 is 11.0. The Morgan fingerprint density at radius 2 is 1.35 bits per heavy atom. The van der Waals surface area contributed by atoms with E-state index >= 15 is 0 Å². The number of carbonyl (C=O) groups excluding carboxylic acids is 2. The van der Waals surface area contributed by atoms with Crippen LogP contribution in [0.5, 0.6) is 0 Å². The lowest BCUT2D eigenvalue weighted by atomic mass is 9.96. The molecule has 2 aromatic rings. The van der Waals surface area contributed by atoms with Crippen molar-refractivity contribution in [1.82, 2.24) is 10.6 Å². The van der Waals surface area contributed by atoms with Crippen LogP contribution >= 0.6 is 0 Å². The van der Waals surface area contributed by atoms with E-state index in [2.05, 4.69) is 51.8 Å². The zero-order valence-corrected chi connectivity index (χ0v) is 23.7. The lowest BCUT2D eigenvalue weighted by Gasteiger charge is -2.32. The highest BCUT2D eigenvalue weighted by molar-refractivity contribution is 5.85. The molecular weight excluding hydrogens is 464 g/mol. The van der Waals surface area contributed by atoms with Crippen molar-refractivity contribution in [3.05, 3.63) is 84.1 Å². The number of hydrogen-bond donors (Lipinski definition) is 2. The maximum absolute atomic E-state index is 12.9. The molecule has 1 atom stereocenters. The van der Waals surface area contributed by atoms with Gasteiger partial charge in [-0.2, -0.15) is 0 Å². The molecule has 0 saturated carbocycles. The smallest absolute Gasteiger partial charge is 0.408 e. The van der Waals surface area contributed by atoms with Crippen LogP contribution in [0.3, 0.4) is 0 Å². The monoisotopic (exact) mass is 510 g/mol. The summed E-state index contributed by atoms with van der Waals surface area (Å²) >= 11 is 0. The molecule has 0 saturated heterocycles. The summed E-state index contributed by atoms with van der Waals surface area (Å²) in [6.45, 7) is 18.9. The molecule has 2 rings (SSSR count). The third-order valence-corrected chi connectivity index (χ3v) is 5.18. The number of hydrogen-bond acceptors (Lipinski definition) is 5. The van der Waals surface area contributed by atoms with Gasteiger partial charge in [0, 0.05) is 5.70 Å². The van der Waals surface area contributed by atoms with E-state index in [1.165, 1.54) is 0 Å². The topological polar surface area (TPSA) is 76.7 Å². The number of benzene rings is 2. The number of alkyl carbamates (subject to hydrolysis) is 1. The van der Waals surface area contributed by atoms with Crippen molar-refractivity contribution in [2.45, 2.75) is 79.7 Å². The zero-order chi connectivity index (χ0) is 27.8. The number of amides is 1. The van der Waals surface area contributed by atoms with Gasteiger partial charge in [0.05, 0.1) is 18.2 Å². The van der Waals surface area contributed by atoms with Gasteiger partial charge in [0.25, 0.3) is 0 Å². The van der Waals surface area contributed by atoms with Crippen LogP contribution in [0.1, 0.15) is 66.0 Å². The molecule has 2 aromatic carbocycles. The standard InChI is InChI=1S/C27H36N2O4.C4H10/c1-20(2)16-24(25(30)19-32-17-22-12-8-6-9-13-22)28-21(3)27(4,5)29-26(31)33-18-23-14-10-7-11-15-23;1-4(2)3/h6-15,20,24,28H,3,16-19H2,1-2,4-5H3,(H,29,31);4H,1-3H3. The molecule has 6 heteroatoms. The summed E-state index contributed by atoms with van der Waals surface area (Å²) in [5, 5.41) is 6.04. The van der Waals surface area contributed by atoms with Gasteiger partial charge in [-0.15, -0.1) is 0 Å². The van der Waals surface area contributed by atoms with Crippen molar-refractivity contribution in [3.63, 3.8) is 0 Å². The fraction of sp³-hybridized carbons (Fsp3) is 0.484. The van der Waals surface area contributed by atoms with Gasteiger partial charge in [-0.25, -0.2) is 4.79 Å². The molecule has 204 valence electrons. The Labute approximate surface area is 223 Å². The van der Waals surface area contributed by atoms with Gasteiger partial charge in [0.1, 0.15) is 13.2 Å². The van der Waals surface area contributed by atoms with Gasteiger partial charge >= 0.3 is 6.09 Å². The first-order chi connectivity index (χ1) is 17.4. The molecule has 0 heterocycles. The molecule has 0 aliphatic carbocycles. The fourth-order valence-electron chi connectivity index (χ4n) is 3.17. The highest BCUT2D eigenvalue weighted by Gasteiger charge is 2.29. The average molecular weight is 511 g/mol. The normalized spacial score (nSPS) is 11.8. The SMILES string of the molecule is C=C(NC(CC(C)C)C(=O)COCc1ccccc1)C(C)(C)NC(=O)OCc1ccccc1.CC(C)C. The van der Waals surface area contributed by atoms with Crippen LogP contribution in [0, 0.1) is 11.8 Å². The summed E-state index contributed by atoms with van der Waals surface area (Å²) in [4.78, 5) is 25.2. The fourth-order valence-corrected chi connectivity index (χ4v) is 3.17. The largest absolute Gasteiger partial charge is 0.445 e. The minimum Gasteiger partial charge on any atom is -0.445 e. The van der Waals surface area contributed by atoms with Crippen LogP contribution in [0.25, 0.3) is 0 Å². The first-order valence-corrected chi connectivity index (χ1v) is 13.0. The van der Waals surface area contributed by atoms with Crippen molar-refractivity contribution < 1.29 is 19.1 Å². The minimum absolute atomic E-state index is 0.000461.